The SMILES string of the molecule is C.C.C.C.C.C.C.C.C.C.C.C.C.C=C(C)C(=O)OCCC(F)(F)C(F)(F)C(F)(F)C(F)(F)C(F)(F)C(F)(F)C(F)(F)C(F)(F)F.CCC(C)(Br)C(=O)OCCC(F)(F)C(F)(F)C(F)(F)C(F)(F)C(F)(F)C(F)(F)C(F)(F)C(F)(F)F.CCC(CC(C)(CCOC(=O)C(C)Br)CC(C)C(C)COC(=O)C(C)Br)c1ccccc1.C[CH-]C(=O)OCCC(C)(CC(CC)c1ccccc1)CC(C)C(C)COC(=O)[CH-]C.[Y].[Y].[Y].[Y]. The van der Waals surface area contributed by atoms with Gasteiger partial charge in [-0.1, -0.05) is 274 Å². The van der Waals surface area contributed by atoms with Crippen molar-refractivity contribution in [2.75, 3.05) is 39.6 Å². The van der Waals surface area contributed by atoms with Crippen molar-refractivity contribution in [2.24, 2.45) is 34.5 Å². The van der Waals surface area contributed by atoms with Crippen molar-refractivity contribution in [1.29, 1.82) is 0 Å². The molecule has 2 aromatic rings. The molecule has 0 bridgehead atoms. The zero-order valence-electron chi connectivity index (χ0n) is 74.5. The number of halogens is 37. The number of alkyl halides is 37. The van der Waals surface area contributed by atoms with Gasteiger partial charge in [0.2, 0.25) is 0 Å². The molecule has 0 aliphatic heterocycles. The van der Waals surface area contributed by atoms with Crippen molar-refractivity contribution in [2.45, 2.75) is 392 Å². The van der Waals surface area contributed by atoms with Gasteiger partial charge in [-0.3, -0.25) is 36.8 Å². The quantitative estimate of drug-likeness (QED) is 0.0154. The summed E-state index contributed by atoms with van der Waals surface area (Å²) in [5, 5.41) is 0. The summed E-state index contributed by atoms with van der Waals surface area (Å²) in [4.78, 5) is 68.6. The van der Waals surface area contributed by atoms with E-state index in [1.165, 1.54) is 30.9 Å². The van der Waals surface area contributed by atoms with Gasteiger partial charge >= 0.3 is 119 Å². The first-order chi connectivity index (χ1) is 58.2. The topological polar surface area (TPSA) is 158 Å². The van der Waals surface area contributed by atoms with Gasteiger partial charge in [-0.15, -0.1) is 0 Å². The number of ether oxygens (including phenoxy) is 6. The van der Waals surface area contributed by atoms with Crippen LogP contribution in [0.3, 0.4) is 0 Å². The molecule has 0 aliphatic rings. The van der Waals surface area contributed by atoms with Crippen LogP contribution in [-0.2, 0) is 188 Å². The number of hydrogen-bond acceptors (Lipinski definition) is 12. The van der Waals surface area contributed by atoms with Crippen LogP contribution in [0.2, 0.25) is 0 Å². The molecule has 0 spiro atoms. The Labute approximate surface area is 974 Å². The Hall–Kier alpha value is -1.78. The largest absolute Gasteiger partial charge is 0.488 e. The molecule has 0 aromatic heterocycles. The summed E-state index contributed by atoms with van der Waals surface area (Å²) < 4.78 is 472. The van der Waals surface area contributed by atoms with Gasteiger partial charge in [0.15, 0.2) is 11.9 Å². The van der Waals surface area contributed by atoms with E-state index in [4.69, 9.17) is 18.9 Å². The van der Waals surface area contributed by atoms with Gasteiger partial charge in [0.1, 0.15) is 14.0 Å². The van der Waals surface area contributed by atoms with E-state index in [0.717, 1.165) is 65.2 Å². The maximum atomic E-state index is 13.6. The van der Waals surface area contributed by atoms with Crippen LogP contribution in [0.1, 0.15) is 294 Å². The molecule has 2 rings (SSSR count). The van der Waals surface area contributed by atoms with E-state index in [1.54, 1.807) is 27.7 Å². The fraction of sp³-hybridized carbons (Fsp3) is 0.766. The summed E-state index contributed by atoms with van der Waals surface area (Å²) in [6, 6.07) is 21.3. The summed E-state index contributed by atoms with van der Waals surface area (Å²) in [5.41, 5.74) is 2.13. The zero-order valence-corrected chi connectivity index (χ0v) is 90.6. The molecule has 12 nitrogen and oxygen atoms in total. The molecular formula is C94H153Br3F34O12Y4-2. The molecular weight excluding hydrogens is 2560 g/mol. The van der Waals surface area contributed by atoms with Crippen LogP contribution in [0.4, 0.5) is 149 Å². The summed E-state index contributed by atoms with van der Waals surface area (Å²) in [5.74, 6) is -116. The smallest absolute Gasteiger partial charge is 0.460 e. The Balaban J connectivity index is -0.0000000842. The summed E-state index contributed by atoms with van der Waals surface area (Å²) in [7, 11) is 0. The summed E-state index contributed by atoms with van der Waals surface area (Å²) >= 11 is 9.21. The van der Waals surface area contributed by atoms with Gasteiger partial charge in [0, 0.05) is 136 Å². The van der Waals surface area contributed by atoms with Crippen LogP contribution in [0.25, 0.3) is 0 Å². The second-order valence-electron chi connectivity index (χ2n) is 31.7. The Bertz CT molecular complexity index is 3890. The first kappa shape index (κ1) is 190. The first-order valence-corrected chi connectivity index (χ1v) is 41.6. The standard InChI is InChI=1S/C26H40Br2O4.C26H40O4.C15H12BrF17O2.C14H9F17O2.13CH4.4Y/c1-7-22(23-11-9-8-10-12-23)16-26(6,13-14-31-24(29)20(4)27)15-18(2)19(3)17-32-25(30)21(5)28;1-7-22(23-13-11-10-12-14-23)18-26(6,15-16-29-24(27)8-2)17-20(4)21(5)19-30-25(28)9-3;1-3-7(2,16)6(34)35-5-4-8(17,18)9(19,20)10(21,22)11(23,24)12(25,26)13(27,28)14(29,30)15(31,32)33;1-5(2)6(32)33-4-3-7(15,16)8(17,18)9(19,20)10(21,22)11(23,24)12(25,26)13(27,28)14(29,30)31;;;;;;;;;;;;;;;;;/h8-12,18-22H,7,13-17H2,1-6H3;8-14,20-22H,7,15-19H2,1-6H3;3-5H2,1-2H3;1,3-4H2,2H3;13*1H4;;;;/q;-2;;;;;;;;;;;;;;;;;;;. The van der Waals surface area contributed by atoms with Crippen molar-refractivity contribution >= 4 is 83.6 Å². The van der Waals surface area contributed by atoms with Crippen molar-refractivity contribution in [3.63, 3.8) is 0 Å². The molecule has 0 fully saturated rings. The molecule has 53 heteroatoms. The van der Waals surface area contributed by atoms with Crippen LogP contribution in [0, 0.1) is 47.3 Å². The summed E-state index contributed by atoms with van der Waals surface area (Å²) in [6.07, 6.45) is -10.8. The molecule has 0 amide bonds. The summed E-state index contributed by atoms with van der Waals surface area (Å²) in [6.45, 7) is 28.5. The van der Waals surface area contributed by atoms with Gasteiger partial charge in [-0.25, -0.2) is 4.79 Å². The van der Waals surface area contributed by atoms with E-state index >= 15 is 0 Å². The Morgan fingerprint density at radius 1 is 0.333 bits per heavy atom. The third-order valence-corrected chi connectivity index (χ3v) is 22.5. The molecule has 874 valence electrons. The molecule has 2 aromatic carbocycles. The number of esters is 6. The third kappa shape index (κ3) is 49.3. The second-order valence-corrected chi connectivity index (χ2v) is 36.2. The van der Waals surface area contributed by atoms with E-state index < -0.39 is 143 Å². The normalized spacial score (nSPS) is 14.7. The number of carbonyl (C=O) groups excluding carboxylic acids is 6. The monoisotopic (exact) mass is 2710 g/mol. The minimum Gasteiger partial charge on any atom is -0.488 e. The van der Waals surface area contributed by atoms with E-state index in [0.29, 0.717) is 50.1 Å². The van der Waals surface area contributed by atoms with Gasteiger partial charge in [0.25, 0.3) is 0 Å². The van der Waals surface area contributed by atoms with Crippen molar-refractivity contribution in [1.82, 2.24) is 0 Å². The van der Waals surface area contributed by atoms with Crippen LogP contribution in [0.5, 0.6) is 0 Å². The molecule has 0 saturated heterocycles. The van der Waals surface area contributed by atoms with E-state index in [-0.39, 0.29) is 290 Å². The van der Waals surface area contributed by atoms with Gasteiger partial charge in [-0.2, -0.15) is 163 Å². The predicted molar refractivity (Wildman–Crippen MR) is 503 cm³/mol. The van der Waals surface area contributed by atoms with Crippen LogP contribution >= 0.6 is 47.8 Å². The zero-order chi connectivity index (χ0) is 103. The number of rotatable bonds is 49. The molecule has 11 unspecified atom stereocenters. The number of carbonyl (C=O) groups is 6. The van der Waals surface area contributed by atoms with Crippen molar-refractivity contribution in [3.8, 4) is 0 Å². The van der Waals surface area contributed by atoms with Crippen LogP contribution in [-0.4, -0.2) is 185 Å². The minimum atomic E-state index is -8.67. The van der Waals surface area contributed by atoms with Gasteiger partial charge in [-0.05, 0) is 143 Å². The first-order valence-electron chi connectivity index (χ1n) is 39.0. The number of benzene rings is 2. The maximum absolute atomic E-state index is 13.6. The molecule has 4 radical (unpaired) electrons. The van der Waals surface area contributed by atoms with Crippen LogP contribution in [0.15, 0.2) is 72.8 Å². The Morgan fingerprint density at radius 3 is 0.823 bits per heavy atom. The fourth-order valence-electron chi connectivity index (χ4n) is 11.8. The number of hydrogen-bond donors (Lipinski definition) is 0. The maximum Gasteiger partial charge on any atom is 0.460 e. The molecule has 0 saturated carbocycles. The van der Waals surface area contributed by atoms with E-state index in [1.807, 2.05) is 0 Å². The molecule has 0 heterocycles. The molecule has 11 atom stereocenters. The molecule has 0 aliphatic carbocycles. The second kappa shape index (κ2) is 75.3. The van der Waals surface area contributed by atoms with Gasteiger partial charge < -0.3 is 28.4 Å². The molecule has 147 heavy (non-hydrogen) atoms. The van der Waals surface area contributed by atoms with Crippen molar-refractivity contribution < 1.29 is 337 Å². The molecule has 0 N–H and O–H groups in total. The van der Waals surface area contributed by atoms with Gasteiger partial charge in [0.05, 0.1) is 52.5 Å². The minimum absolute atomic E-state index is 0. The Morgan fingerprint density at radius 2 is 0.571 bits per heavy atom. The average molecular weight is 2720 g/mol. The average Bonchev–Trinajstić information content (AvgIpc) is 0.698. The van der Waals surface area contributed by atoms with Crippen molar-refractivity contribution in [3.05, 3.63) is 96.8 Å². The van der Waals surface area contributed by atoms with Crippen LogP contribution < -0.4 is 0 Å². The van der Waals surface area contributed by atoms with E-state index in [9.17, 15) is 178 Å². The third-order valence-electron chi connectivity index (χ3n) is 20.9. The predicted octanol–water partition coefficient (Wildman–Crippen LogP) is 35.7. The van der Waals surface area contributed by atoms with E-state index in [2.05, 4.69) is 180 Å². The fourth-order valence-corrected chi connectivity index (χ4v) is 12.2. The Kier molecular flexibility index (Phi) is 97.1.